The fourth-order valence-corrected chi connectivity index (χ4v) is 2.71. The van der Waals surface area contributed by atoms with Gasteiger partial charge < -0.3 is 10.2 Å². The Kier molecular flexibility index (Phi) is 5.51. The third kappa shape index (κ3) is 4.11. The van der Waals surface area contributed by atoms with Gasteiger partial charge in [0.25, 0.3) is 5.91 Å². The minimum absolute atomic E-state index is 0.186. The lowest BCUT2D eigenvalue weighted by Gasteiger charge is -2.18. The zero-order valence-electron chi connectivity index (χ0n) is 11.5. The van der Waals surface area contributed by atoms with Crippen molar-refractivity contribution in [2.45, 2.75) is 0 Å². The number of anilines is 2. The summed E-state index contributed by atoms with van der Waals surface area (Å²) in [6.07, 6.45) is 0. The van der Waals surface area contributed by atoms with Crippen LogP contribution in [0.1, 0.15) is 10.4 Å². The molecule has 110 valence electrons. The topological polar surface area (TPSA) is 32.3 Å². The lowest BCUT2D eigenvalue weighted by atomic mass is 10.2. The van der Waals surface area contributed by atoms with Gasteiger partial charge in [0.1, 0.15) is 0 Å². The summed E-state index contributed by atoms with van der Waals surface area (Å²) in [6, 6.07) is 11.0. The summed E-state index contributed by atoms with van der Waals surface area (Å²) in [5, 5.41) is 3.50. The van der Waals surface area contributed by atoms with E-state index in [1.165, 1.54) is 0 Å². The van der Waals surface area contributed by atoms with Crippen molar-refractivity contribution in [3.8, 4) is 0 Å². The molecular weight excluding hydrogens is 466 g/mol. The standard InChI is InChI=1S/C15H13BrClIN2O/c1-20(2)14-6-4-10(16)8-13(14)19-15(21)9-3-5-12(18)11(17)7-9/h3-8H,1-2H3,(H,19,21). The molecule has 0 heterocycles. The van der Waals surface area contributed by atoms with Crippen LogP contribution in [0.2, 0.25) is 5.02 Å². The number of benzene rings is 2. The molecule has 0 atom stereocenters. The monoisotopic (exact) mass is 478 g/mol. The summed E-state index contributed by atoms with van der Waals surface area (Å²) in [5.74, 6) is -0.186. The van der Waals surface area contributed by atoms with Gasteiger partial charge in [-0.3, -0.25) is 4.79 Å². The van der Waals surface area contributed by atoms with Gasteiger partial charge in [0.15, 0.2) is 0 Å². The Hall–Kier alpha value is -0.790. The van der Waals surface area contributed by atoms with E-state index in [9.17, 15) is 4.79 Å². The molecule has 2 aromatic rings. The predicted molar refractivity (Wildman–Crippen MR) is 101 cm³/mol. The fourth-order valence-electron chi connectivity index (χ4n) is 1.83. The minimum Gasteiger partial charge on any atom is -0.376 e. The fraction of sp³-hybridized carbons (Fsp3) is 0.133. The van der Waals surface area contributed by atoms with Gasteiger partial charge >= 0.3 is 0 Å². The molecule has 1 N–H and O–H groups in total. The summed E-state index contributed by atoms with van der Waals surface area (Å²) in [6.45, 7) is 0. The molecule has 2 rings (SSSR count). The van der Waals surface area contributed by atoms with Gasteiger partial charge in [-0.15, -0.1) is 0 Å². The highest BCUT2D eigenvalue weighted by Crippen LogP contribution is 2.29. The van der Waals surface area contributed by atoms with Crippen molar-refractivity contribution >= 4 is 67.4 Å². The molecule has 0 saturated heterocycles. The molecule has 6 heteroatoms. The number of hydrogen-bond donors (Lipinski definition) is 1. The Balaban J connectivity index is 2.30. The van der Waals surface area contributed by atoms with Gasteiger partial charge in [0.05, 0.1) is 16.4 Å². The van der Waals surface area contributed by atoms with Crippen LogP contribution in [0.15, 0.2) is 40.9 Å². The van der Waals surface area contributed by atoms with Gasteiger partial charge in [-0.2, -0.15) is 0 Å². The molecule has 0 aromatic heterocycles. The van der Waals surface area contributed by atoms with Gasteiger partial charge in [0.2, 0.25) is 0 Å². The molecule has 2 aromatic carbocycles. The van der Waals surface area contributed by atoms with Crippen LogP contribution in [0.4, 0.5) is 11.4 Å². The first kappa shape index (κ1) is 16.6. The quantitative estimate of drug-likeness (QED) is 0.627. The van der Waals surface area contributed by atoms with Crippen LogP contribution in [-0.4, -0.2) is 20.0 Å². The largest absolute Gasteiger partial charge is 0.376 e. The molecule has 0 spiro atoms. The number of halogens is 3. The molecular formula is C15H13BrClIN2O. The van der Waals surface area contributed by atoms with Crippen molar-refractivity contribution in [1.82, 2.24) is 0 Å². The normalized spacial score (nSPS) is 10.3. The van der Waals surface area contributed by atoms with Gasteiger partial charge in [0, 0.05) is 27.7 Å². The van der Waals surface area contributed by atoms with Crippen molar-refractivity contribution in [1.29, 1.82) is 0 Å². The Morgan fingerprint density at radius 2 is 1.95 bits per heavy atom. The summed E-state index contributed by atoms with van der Waals surface area (Å²) in [5.41, 5.74) is 2.21. The van der Waals surface area contributed by atoms with E-state index >= 15 is 0 Å². The lowest BCUT2D eigenvalue weighted by Crippen LogP contribution is -2.16. The second kappa shape index (κ2) is 6.98. The number of hydrogen-bond acceptors (Lipinski definition) is 2. The number of nitrogens with zero attached hydrogens (tertiary/aromatic N) is 1. The molecule has 21 heavy (non-hydrogen) atoms. The lowest BCUT2D eigenvalue weighted by molar-refractivity contribution is 0.102. The number of carbonyl (C=O) groups is 1. The van der Waals surface area contributed by atoms with E-state index in [0.29, 0.717) is 10.6 Å². The molecule has 1 amide bonds. The van der Waals surface area contributed by atoms with Crippen LogP contribution in [0.5, 0.6) is 0 Å². The number of rotatable bonds is 3. The van der Waals surface area contributed by atoms with E-state index in [-0.39, 0.29) is 5.91 Å². The molecule has 0 aliphatic heterocycles. The van der Waals surface area contributed by atoms with Crippen LogP contribution in [-0.2, 0) is 0 Å². The van der Waals surface area contributed by atoms with Crippen molar-refractivity contribution in [2.24, 2.45) is 0 Å². The van der Waals surface area contributed by atoms with Gasteiger partial charge in [-0.1, -0.05) is 27.5 Å². The minimum atomic E-state index is -0.186. The van der Waals surface area contributed by atoms with E-state index in [2.05, 4.69) is 43.8 Å². The zero-order chi connectivity index (χ0) is 15.6. The first-order valence-electron chi connectivity index (χ1n) is 6.12. The van der Waals surface area contributed by atoms with Crippen LogP contribution in [0, 0.1) is 3.57 Å². The van der Waals surface area contributed by atoms with Crippen LogP contribution >= 0.6 is 50.1 Å². The highest BCUT2D eigenvalue weighted by atomic mass is 127. The van der Waals surface area contributed by atoms with Gasteiger partial charge in [-0.25, -0.2) is 0 Å². The average Bonchev–Trinajstić information content (AvgIpc) is 2.41. The van der Waals surface area contributed by atoms with Crippen LogP contribution < -0.4 is 10.2 Å². The third-order valence-electron chi connectivity index (χ3n) is 2.87. The summed E-state index contributed by atoms with van der Waals surface area (Å²) in [7, 11) is 3.86. The second-order valence-electron chi connectivity index (χ2n) is 4.64. The van der Waals surface area contributed by atoms with Crippen LogP contribution in [0.3, 0.4) is 0 Å². The maximum atomic E-state index is 12.4. The molecule has 0 saturated carbocycles. The second-order valence-corrected chi connectivity index (χ2v) is 7.12. The summed E-state index contributed by atoms with van der Waals surface area (Å²) in [4.78, 5) is 14.3. The Labute approximate surface area is 150 Å². The van der Waals surface area contributed by atoms with Crippen molar-refractivity contribution < 1.29 is 4.79 Å². The number of carbonyl (C=O) groups excluding carboxylic acids is 1. The van der Waals surface area contributed by atoms with E-state index < -0.39 is 0 Å². The molecule has 0 radical (unpaired) electrons. The average molecular weight is 480 g/mol. The van der Waals surface area contributed by atoms with Crippen LogP contribution in [0.25, 0.3) is 0 Å². The summed E-state index contributed by atoms with van der Waals surface area (Å²) < 4.78 is 1.83. The molecule has 0 aliphatic carbocycles. The van der Waals surface area contributed by atoms with Crippen molar-refractivity contribution in [3.63, 3.8) is 0 Å². The SMILES string of the molecule is CN(C)c1ccc(Br)cc1NC(=O)c1ccc(I)c(Cl)c1. The zero-order valence-corrected chi connectivity index (χ0v) is 16.0. The van der Waals surface area contributed by atoms with Crippen molar-refractivity contribution in [3.05, 3.63) is 55.0 Å². The smallest absolute Gasteiger partial charge is 0.255 e. The van der Waals surface area contributed by atoms with E-state index in [1.54, 1.807) is 12.1 Å². The molecule has 3 nitrogen and oxygen atoms in total. The Bertz CT molecular complexity index is 691. The molecule has 0 bridgehead atoms. The first-order valence-corrected chi connectivity index (χ1v) is 8.36. The third-order valence-corrected chi connectivity index (χ3v) is 4.94. The van der Waals surface area contributed by atoms with E-state index in [0.717, 1.165) is 19.4 Å². The Morgan fingerprint density at radius 1 is 1.24 bits per heavy atom. The van der Waals surface area contributed by atoms with Gasteiger partial charge in [-0.05, 0) is 59.0 Å². The number of amides is 1. The van der Waals surface area contributed by atoms with E-state index in [1.807, 2.05) is 43.3 Å². The maximum Gasteiger partial charge on any atom is 0.255 e. The van der Waals surface area contributed by atoms with E-state index in [4.69, 9.17) is 11.6 Å². The first-order chi connectivity index (χ1) is 9.88. The Morgan fingerprint density at radius 3 is 2.57 bits per heavy atom. The maximum absolute atomic E-state index is 12.4. The highest BCUT2D eigenvalue weighted by Gasteiger charge is 2.12. The highest BCUT2D eigenvalue weighted by molar-refractivity contribution is 14.1. The molecule has 0 unspecified atom stereocenters. The molecule has 0 aliphatic rings. The number of nitrogens with one attached hydrogen (secondary N) is 1. The molecule has 0 fully saturated rings. The van der Waals surface area contributed by atoms with Crippen molar-refractivity contribution in [2.75, 3.05) is 24.3 Å². The summed E-state index contributed by atoms with van der Waals surface area (Å²) >= 11 is 11.6. The predicted octanol–water partition coefficient (Wildman–Crippen LogP) is 5.03.